The van der Waals surface area contributed by atoms with Crippen LogP contribution in [0.1, 0.15) is 37.4 Å². The highest BCUT2D eigenvalue weighted by molar-refractivity contribution is 5.88. The summed E-state index contributed by atoms with van der Waals surface area (Å²) >= 11 is 0. The van der Waals surface area contributed by atoms with Crippen LogP contribution in [0.2, 0.25) is 0 Å². The third kappa shape index (κ3) is 5.82. The summed E-state index contributed by atoms with van der Waals surface area (Å²) in [6.07, 6.45) is 4.06. The Bertz CT molecular complexity index is 719. The van der Waals surface area contributed by atoms with Gasteiger partial charge in [0.1, 0.15) is 5.82 Å². The molecule has 0 saturated carbocycles. The topological polar surface area (TPSA) is 62.2 Å². The Morgan fingerprint density at radius 3 is 2.63 bits per heavy atom. The number of urea groups is 1. The molecule has 2 heterocycles. The lowest BCUT2D eigenvalue weighted by atomic mass is 10.0. The average Bonchev–Trinajstić information content (AvgIpc) is 3.01. The largest absolute Gasteiger partial charge is 0.335 e. The molecule has 0 atom stereocenters. The Morgan fingerprint density at radius 1 is 1.19 bits per heavy atom. The van der Waals surface area contributed by atoms with Gasteiger partial charge in [0.05, 0.1) is 5.69 Å². The van der Waals surface area contributed by atoms with E-state index in [9.17, 15) is 4.79 Å². The van der Waals surface area contributed by atoms with Gasteiger partial charge in [0.25, 0.3) is 0 Å². The third-order valence-corrected chi connectivity index (χ3v) is 5.06. The number of aromatic nitrogens is 2. The number of hydrogen-bond acceptors (Lipinski definition) is 3. The van der Waals surface area contributed by atoms with Gasteiger partial charge in [-0.05, 0) is 38.2 Å². The van der Waals surface area contributed by atoms with Crippen molar-refractivity contribution < 1.29 is 4.79 Å². The van der Waals surface area contributed by atoms with E-state index in [-0.39, 0.29) is 12.1 Å². The highest BCUT2D eigenvalue weighted by Gasteiger charge is 2.21. The van der Waals surface area contributed by atoms with E-state index in [0.29, 0.717) is 0 Å². The molecular weight excluding hydrogens is 338 g/mol. The second-order valence-corrected chi connectivity index (χ2v) is 7.34. The maximum Gasteiger partial charge on any atom is 0.320 e. The van der Waals surface area contributed by atoms with Crippen molar-refractivity contribution in [2.75, 3.05) is 25.0 Å². The molecule has 2 aromatic rings. The van der Waals surface area contributed by atoms with Crippen LogP contribution in [-0.2, 0) is 13.0 Å². The normalized spacial score (nSPS) is 15.6. The molecule has 1 aromatic heterocycles. The molecular formula is C21H31N5O. The summed E-state index contributed by atoms with van der Waals surface area (Å²) in [6.45, 7) is 8.00. The molecule has 0 aliphatic carbocycles. The van der Waals surface area contributed by atoms with Crippen LogP contribution in [0.3, 0.4) is 0 Å². The summed E-state index contributed by atoms with van der Waals surface area (Å²) in [7, 11) is 0. The Hall–Kier alpha value is -2.34. The number of nitrogens with zero attached hydrogens (tertiary/aromatic N) is 3. The number of likely N-dealkylation sites (tertiary alicyclic amines) is 1. The van der Waals surface area contributed by atoms with E-state index >= 15 is 0 Å². The first-order valence-electron chi connectivity index (χ1n) is 10.0. The lowest BCUT2D eigenvalue weighted by Gasteiger charge is -2.32. The molecule has 0 spiro atoms. The molecule has 146 valence electrons. The minimum Gasteiger partial charge on any atom is -0.335 e. The number of piperidine rings is 1. The van der Waals surface area contributed by atoms with E-state index in [4.69, 9.17) is 0 Å². The van der Waals surface area contributed by atoms with Crippen LogP contribution in [0, 0.1) is 6.92 Å². The van der Waals surface area contributed by atoms with E-state index < -0.39 is 0 Å². The first-order chi connectivity index (χ1) is 13.1. The van der Waals surface area contributed by atoms with Crippen molar-refractivity contribution in [2.45, 2.75) is 52.1 Å². The summed E-state index contributed by atoms with van der Waals surface area (Å²) in [5.74, 6) is 0.771. The number of rotatable bonds is 7. The van der Waals surface area contributed by atoms with E-state index in [1.165, 1.54) is 5.56 Å². The van der Waals surface area contributed by atoms with Crippen molar-refractivity contribution in [1.29, 1.82) is 0 Å². The summed E-state index contributed by atoms with van der Waals surface area (Å²) < 4.78 is 1.86. The van der Waals surface area contributed by atoms with Gasteiger partial charge in [0, 0.05) is 38.3 Å². The Morgan fingerprint density at radius 2 is 1.93 bits per heavy atom. The third-order valence-electron chi connectivity index (χ3n) is 5.06. The average molecular weight is 370 g/mol. The minimum atomic E-state index is -0.130. The summed E-state index contributed by atoms with van der Waals surface area (Å²) in [4.78, 5) is 14.9. The molecule has 0 radical (unpaired) electrons. The van der Waals surface area contributed by atoms with Crippen LogP contribution >= 0.6 is 0 Å². The van der Waals surface area contributed by atoms with Gasteiger partial charge in [-0.2, -0.15) is 5.10 Å². The molecule has 1 aliphatic rings. The molecule has 6 heteroatoms. The monoisotopic (exact) mass is 369 g/mol. The molecule has 6 nitrogen and oxygen atoms in total. The Kier molecular flexibility index (Phi) is 6.87. The maximum absolute atomic E-state index is 12.4. The lowest BCUT2D eigenvalue weighted by molar-refractivity contribution is 0.197. The molecule has 0 unspecified atom stereocenters. The number of nitrogens with one attached hydrogen (secondary N) is 2. The van der Waals surface area contributed by atoms with Gasteiger partial charge in [-0.3, -0.25) is 5.32 Å². The molecule has 1 aromatic carbocycles. The van der Waals surface area contributed by atoms with E-state index in [1.54, 1.807) is 0 Å². The quantitative estimate of drug-likeness (QED) is 0.786. The maximum atomic E-state index is 12.4. The van der Waals surface area contributed by atoms with Crippen LogP contribution in [0.5, 0.6) is 0 Å². The van der Waals surface area contributed by atoms with Crippen LogP contribution in [0.15, 0.2) is 36.4 Å². The Labute approximate surface area is 161 Å². The predicted octanol–water partition coefficient (Wildman–Crippen LogP) is 3.43. The fourth-order valence-electron chi connectivity index (χ4n) is 3.60. The molecule has 2 N–H and O–H groups in total. The SMILES string of the molecule is CCCn1nc(C)cc1NC(=O)NC1CCN(CCc2ccccc2)CC1. The standard InChI is InChI=1S/C21H31N5O/c1-3-12-26-20(16-17(2)24-26)23-21(27)22-19-10-14-25(15-11-19)13-9-18-7-5-4-6-8-18/h4-8,16,19H,3,9-15H2,1-2H3,(H2,22,23,27). The Balaban J connectivity index is 1.40. The first kappa shape index (κ1) is 19.4. The highest BCUT2D eigenvalue weighted by Crippen LogP contribution is 2.14. The molecule has 1 saturated heterocycles. The molecule has 1 aliphatic heterocycles. The number of aryl methyl sites for hydroxylation is 2. The summed E-state index contributed by atoms with van der Waals surface area (Å²) in [5, 5.41) is 10.5. The van der Waals surface area contributed by atoms with Gasteiger partial charge in [-0.25, -0.2) is 9.48 Å². The molecule has 27 heavy (non-hydrogen) atoms. The molecule has 0 bridgehead atoms. The fraction of sp³-hybridized carbons (Fsp3) is 0.524. The second-order valence-electron chi connectivity index (χ2n) is 7.34. The second kappa shape index (κ2) is 9.55. The molecule has 3 rings (SSSR count). The number of carbonyl (C=O) groups excluding carboxylic acids is 1. The van der Waals surface area contributed by atoms with Crippen molar-refractivity contribution in [2.24, 2.45) is 0 Å². The predicted molar refractivity (Wildman–Crippen MR) is 109 cm³/mol. The van der Waals surface area contributed by atoms with E-state index in [0.717, 1.165) is 63.4 Å². The van der Waals surface area contributed by atoms with Crippen LogP contribution in [0.4, 0.5) is 10.6 Å². The van der Waals surface area contributed by atoms with Crippen molar-refractivity contribution in [3.05, 3.63) is 47.7 Å². The van der Waals surface area contributed by atoms with Gasteiger partial charge in [-0.1, -0.05) is 37.3 Å². The van der Waals surface area contributed by atoms with Crippen molar-refractivity contribution in [3.8, 4) is 0 Å². The van der Waals surface area contributed by atoms with Crippen LogP contribution in [-0.4, -0.2) is 46.4 Å². The minimum absolute atomic E-state index is 0.130. The summed E-state index contributed by atoms with van der Waals surface area (Å²) in [5.41, 5.74) is 2.31. The zero-order valence-corrected chi connectivity index (χ0v) is 16.4. The van der Waals surface area contributed by atoms with Gasteiger partial charge in [-0.15, -0.1) is 0 Å². The molecule has 2 amide bonds. The molecule has 1 fully saturated rings. The van der Waals surface area contributed by atoms with Crippen LogP contribution < -0.4 is 10.6 Å². The summed E-state index contributed by atoms with van der Waals surface area (Å²) in [6, 6.07) is 12.6. The van der Waals surface area contributed by atoms with E-state index in [1.807, 2.05) is 17.7 Å². The van der Waals surface area contributed by atoms with Crippen LogP contribution in [0.25, 0.3) is 0 Å². The van der Waals surface area contributed by atoms with Gasteiger partial charge < -0.3 is 10.2 Å². The number of hydrogen-bond donors (Lipinski definition) is 2. The van der Waals surface area contributed by atoms with Crippen molar-refractivity contribution >= 4 is 11.8 Å². The van der Waals surface area contributed by atoms with Crippen molar-refractivity contribution in [3.63, 3.8) is 0 Å². The highest BCUT2D eigenvalue weighted by atomic mass is 16.2. The van der Waals surface area contributed by atoms with Gasteiger partial charge in [0.15, 0.2) is 0 Å². The number of benzene rings is 1. The first-order valence-corrected chi connectivity index (χ1v) is 10.0. The van der Waals surface area contributed by atoms with E-state index in [2.05, 4.69) is 57.9 Å². The van der Waals surface area contributed by atoms with Crippen molar-refractivity contribution in [1.82, 2.24) is 20.0 Å². The fourth-order valence-corrected chi connectivity index (χ4v) is 3.60. The smallest absolute Gasteiger partial charge is 0.320 e. The zero-order chi connectivity index (χ0) is 19.1. The number of amides is 2. The number of anilines is 1. The lowest BCUT2D eigenvalue weighted by Crippen LogP contribution is -2.46. The van der Waals surface area contributed by atoms with Gasteiger partial charge in [0.2, 0.25) is 0 Å². The van der Waals surface area contributed by atoms with Gasteiger partial charge >= 0.3 is 6.03 Å². The zero-order valence-electron chi connectivity index (χ0n) is 16.4. The number of carbonyl (C=O) groups is 1.